The van der Waals surface area contributed by atoms with Gasteiger partial charge in [0.2, 0.25) is 0 Å². The van der Waals surface area contributed by atoms with Crippen molar-refractivity contribution in [2.75, 3.05) is 4.90 Å². The Bertz CT molecular complexity index is 2790. The van der Waals surface area contributed by atoms with Gasteiger partial charge in [0.1, 0.15) is 0 Å². The van der Waals surface area contributed by atoms with Gasteiger partial charge >= 0.3 is 5.97 Å². The molecule has 2 aliphatic carbocycles. The van der Waals surface area contributed by atoms with Crippen LogP contribution in [-0.4, -0.2) is 11.1 Å². The fraction of sp³-hybridized carbons (Fsp3) is 0.0351. The minimum Gasteiger partial charge on any atom is -0.478 e. The number of aromatic carboxylic acids is 1. The molecule has 0 atom stereocenters. The lowest BCUT2D eigenvalue weighted by Gasteiger charge is -2.36. The van der Waals surface area contributed by atoms with Gasteiger partial charge in [-0.2, -0.15) is 0 Å². The molecule has 2 aliphatic rings. The molecule has 9 aromatic carbocycles. The minimum absolute atomic E-state index is 0.242. The van der Waals surface area contributed by atoms with Crippen LogP contribution in [0.1, 0.15) is 54.9 Å². The van der Waals surface area contributed by atoms with Crippen molar-refractivity contribution < 1.29 is 9.90 Å². The van der Waals surface area contributed by atoms with E-state index in [4.69, 9.17) is 0 Å². The fourth-order valence-electron chi connectivity index (χ4n) is 10.3. The molecule has 0 heterocycles. The van der Waals surface area contributed by atoms with Gasteiger partial charge in [0.25, 0.3) is 0 Å². The molecule has 1 N–H and O–H groups in total. The Morgan fingerprint density at radius 3 is 1.02 bits per heavy atom. The lowest BCUT2D eigenvalue weighted by Crippen LogP contribution is -2.29. The number of hydrogen-bond acceptors (Lipinski definition) is 2. The van der Waals surface area contributed by atoms with E-state index in [1.165, 1.54) is 66.8 Å². The van der Waals surface area contributed by atoms with E-state index in [0.717, 1.165) is 17.1 Å². The van der Waals surface area contributed by atoms with Gasteiger partial charge in [-0.1, -0.05) is 182 Å². The Hall–Kier alpha value is -7.75. The molecule has 11 rings (SSSR count). The molecule has 0 radical (unpaired) electrons. The summed E-state index contributed by atoms with van der Waals surface area (Å²) in [5.74, 6) is -0.954. The second-order valence-corrected chi connectivity index (χ2v) is 15.7. The molecule has 0 amide bonds. The fourth-order valence-corrected chi connectivity index (χ4v) is 10.3. The Labute approximate surface area is 350 Å². The van der Waals surface area contributed by atoms with Crippen LogP contribution >= 0.6 is 0 Å². The second kappa shape index (κ2) is 14.0. The van der Waals surface area contributed by atoms with E-state index in [-0.39, 0.29) is 5.56 Å². The summed E-state index contributed by atoms with van der Waals surface area (Å²) in [6, 6.07) is 82.0. The van der Waals surface area contributed by atoms with Gasteiger partial charge < -0.3 is 10.0 Å². The second-order valence-electron chi connectivity index (χ2n) is 15.7. The lowest BCUT2D eigenvalue weighted by molar-refractivity contribution is 0.0697. The highest BCUT2D eigenvalue weighted by molar-refractivity contribution is 5.93. The molecule has 0 unspecified atom stereocenters. The van der Waals surface area contributed by atoms with Crippen molar-refractivity contribution in [3.63, 3.8) is 0 Å². The van der Waals surface area contributed by atoms with Gasteiger partial charge in [-0.3, -0.25) is 0 Å². The summed E-state index contributed by atoms with van der Waals surface area (Å²) < 4.78 is 0. The summed E-state index contributed by atoms with van der Waals surface area (Å²) in [6.45, 7) is 0. The molecule has 3 heteroatoms. The molecule has 0 aromatic heterocycles. The predicted molar refractivity (Wildman–Crippen MR) is 243 cm³/mol. The maximum absolute atomic E-state index is 12.2. The zero-order chi connectivity index (χ0) is 40.3. The molecular formula is C57H39NO2. The summed E-state index contributed by atoms with van der Waals surface area (Å²) in [5, 5.41) is 9.97. The molecule has 9 aromatic rings. The van der Waals surface area contributed by atoms with E-state index in [1.807, 2.05) is 12.1 Å². The van der Waals surface area contributed by atoms with Gasteiger partial charge in [-0.15, -0.1) is 0 Å². The standard InChI is InChI=1S/C57H39NO2/c59-55(60)39-29-31-44(32-30-39)58(45-33-35-49-47-25-13-15-27-51(47)56(53(49)37-45,40-17-5-1-6-18-40)41-19-7-2-8-20-41)46-34-36-50-48-26-14-16-28-52(48)57(54(50)38-46,42-21-9-3-10-22-42)43-23-11-4-12-24-43/h1-38H,(H,59,60). The maximum atomic E-state index is 12.2. The van der Waals surface area contributed by atoms with Gasteiger partial charge in [-0.25, -0.2) is 4.79 Å². The van der Waals surface area contributed by atoms with Crippen molar-refractivity contribution in [3.8, 4) is 22.3 Å². The van der Waals surface area contributed by atoms with E-state index in [9.17, 15) is 9.90 Å². The van der Waals surface area contributed by atoms with Crippen LogP contribution in [0, 0.1) is 0 Å². The summed E-state index contributed by atoms with van der Waals surface area (Å²) in [5.41, 5.74) is 16.4. The number of carboxylic acids is 1. The van der Waals surface area contributed by atoms with Gasteiger partial charge in [-0.05, 0) is 115 Å². The molecule has 0 spiro atoms. The first-order chi connectivity index (χ1) is 29.6. The van der Waals surface area contributed by atoms with Crippen LogP contribution in [-0.2, 0) is 10.8 Å². The number of benzene rings is 9. The van der Waals surface area contributed by atoms with Crippen LogP contribution in [0.2, 0.25) is 0 Å². The van der Waals surface area contributed by atoms with Gasteiger partial charge in [0, 0.05) is 17.1 Å². The zero-order valence-corrected chi connectivity index (χ0v) is 32.7. The molecule has 0 saturated heterocycles. The minimum atomic E-state index is -0.954. The van der Waals surface area contributed by atoms with Crippen molar-refractivity contribution in [3.05, 3.63) is 281 Å². The van der Waals surface area contributed by atoms with Crippen molar-refractivity contribution in [1.29, 1.82) is 0 Å². The quantitative estimate of drug-likeness (QED) is 0.167. The Kier molecular flexibility index (Phi) is 8.25. The number of hydrogen-bond donors (Lipinski definition) is 1. The molecular weight excluding hydrogens is 731 g/mol. The number of fused-ring (bicyclic) bond motifs is 6. The Balaban J connectivity index is 1.19. The number of carboxylic acid groups (broad SMARTS) is 1. The molecule has 284 valence electrons. The van der Waals surface area contributed by atoms with Crippen LogP contribution in [0.25, 0.3) is 22.3 Å². The molecule has 0 fully saturated rings. The molecule has 60 heavy (non-hydrogen) atoms. The van der Waals surface area contributed by atoms with Crippen molar-refractivity contribution in [2.24, 2.45) is 0 Å². The summed E-state index contributed by atoms with van der Waals surface area (Å²) >= 11 is 0. The van der Waals surface area contributed by atoms with Crippen LogP contribution in [0.3, 0.4) is 0 Å². The number of rotatable bonds is 8. The monoisotopic (exact) mass is 769 g/mol. The first-order valence-corrected chi connectivity index (χ1v) is 20.4. The summed E-state index contributed by atoms with van der Waals surface area (Å²) in [7, 11) is 0. The summed E-state index contributed by atoms with van der Waals surface area (Å²) in [4.78, 5) is 14.5. The highest BCUT2D eigenvalue weighted by Crippen LogP contribution is 2.59. The molecule has 0 bridgehead atoms. The average Bonchev–Trinajstić information content (AvgIpc) is 3.78. The van der Waals surface area contributed by atoms with E-state index in [2.05, 4.69) is 211 Å². The van der Waals surface area contributed by atoms with E-state index < -0.39 is 16.8 Å². The Morgan fingerprint density at radius 2 is 0.650 bits per heavy atom. The van der Waals surface area contributed by atoms with Crippen LogP contribution in [0.15, 0.2) is 231 Å². The normalized spacial score (nSPS) is 13.7. The maximum Gasteiger partial charge on any atom is 0.335 e. The highest BCUT2D eigenvalue weighted by Gasteiger charge is 2.48. The SMILES string of the molecule is O=C(O)c1ccc(N(c2ccc3c(c2)C(c2ccccc2)(c2ccccc2)c2ccccc2-3)c2ccc3c(c2)C(c2ccccc2)(c2ccccc2)c2ccccc2-3)cc1. The van der Waals surface area contributed by atoms with Gasteiger partial charge in [0.15, 0.2) is 0 Å². The first kappa shape index (κ1) is 35.4. The zero-order valence-electron chi connectivity index (χ0n) is 32.7. The van der Waals surface area contributed by atoms with Crippen LogP contribution < -0.4 is 4.90 Å². The van der Waals surface area contributed by atoms with Crippen LogP contribution in [0.4, 0.5) is 17.1 Å². The summed E-state index contributed by atoms with van der Waals surface area (Å²) in [6.07, 6.45) is 0. The third-order valence-electron chi connectivity index (χ3n) is 12.8. The number of anilines is 3. The van der Waals surface area contributed by atoms with E-state index >= 15 is 0 Å². The van der Waals surface area contributed by atoms with Crippen LogP contribution in [0.5, 0.6) is 0 Å². The van der Waals surface area contributed by atoms with E-state index in [1.54, 1.807) is 12.1 Å². The van der Waals surface area contributed by atoms with Gasteiger partial charge in [0.05, 0.1) is 16.4 Å². The van der Waals surface area contributed by atoms with Crippen molar-refractivity contribution >= 4 is 23.0 Å². The number of carbonyl (C=O) groups is 1. The Morgan fingerprint density at radius 1 is 0.333 bits per heavy atom. The molecule has 0 aliphatic heterocycles. The topological polar surface area (TPSA) is 40.5 Å². The predicted octanol–water partition coefficient (Wildman–Crippen LogP) is 13.6. The van der Waals surface area contributed by atoms with Crippen molar-refractivity contribution in [1.82, 2.24) is 0 Å². The first-order valence-electron chi connectivity index (χ1n) is 20.4. The smallest absolute Gasteiger partial charge is 0.335 e. The largest absolute Gasteiger partial charge is 0.478 e. The number of nitrogens with zero attached hydrogens (tertiary/aromatic N) is 1. The molecule has 3 nitrogen and oxygen atoms in total. The average molecular weight is 770 g/mol. The highest BCUT2D eigenvalue weighted by atomic mass is 16.4. The van der Waals surface area contributed by atoms with Crippen molar-refractivity contribution in [2.45, 2.75) is 10.8 Å². The lowest BCUT2D eigenvalue weighted by atomic mass is 9.67. The van der Waals surface area contributed by atoms with E-state index in [0.29, 0.717) is 0 Å². The molecule has 0 saturated carbocycles. The third kappa shape index (κ3) is 5.12. The third-order valence-corrected chi connectivity index (χ3v) is 12.8.